The van der Waals surface area contributed by atoms with E-state index in [-0.39, 0.29) is 11.1 Å². The molecule has 0 saturated heterocycles. The average Bonchev–Trinajstić information content (AvgIpc) is 2.59. The number of benzene rings is 2. The summed E-state index contributed by atoms with van der Waals surface area (Å²) in [5.41, 5.74) is 0.285. The first kappa shape index (κ1) is 18.9. The van der Waals surface area contributed by atoms with Gasteiger partial charge in [0.25, 0.3) is 11.8 Å². The number of methoxy groups -OCH3 is 1. The normalized spacial score (nSPS) is 15.4. The Balaban J connectivity index is 2.60. The lowest BCUT2D eigenvalue weighted by molar-refractivity contribution is -0.580. The van der Waals surface area contributed by atoms with Gasteiger partial charge in [-0.15, -0.1) is 0 Å². The third kappa shape index (κ3) is 4.34. The minimum absolute atomic E-state index is 0.118. The summed E-state index contributed by atoms with van der Waals surface area (Å²) < 4.78 is 48.5. The highest BCUT2D eigenvalue weighted by atomic mass is 19.4. The van der Waals surface area contributed by atoms with Crippen LogP contribution in [0.2, 0.25) is 0 Å². The molecule has 5 nitrogen and oxygen atoms in total. The van der Waals surface area contributed by atoms with Crippen LogP contribution >= 0.6 is 0 Å². The largest absolute Gasteiger partial charge is 0.411 e. The molecule has 0 amide bonds. The van der Waals surface area contributed by atoms with Crippen molar-refractivity contribution in [2.75, 3.05) is 13.7 Å². The van der Waals surface area contributed by atoms with Crippen molar-refractivity contribution in [2.45, 2.75) is 18.0 Å². The Kier molecular flexibility index (Phi) is 5.76. The van der Waals surface area contributed by atoms with Gasteiger partial charge in [-0.3, -0.25) is 10.1 Å². The molecule has 0 aliphatic rings. The molecule has 0 aromatic heterocycles. The number of hydrogen-bond acceptors (Lipinski definition) is 4. The molecule has 0 heterocycles. The van der Waals surface area contributed by atoms with Gasteiger partial charge in [-0.2, -0.15) is 13.2 Å². The van der Waals surface area contributed by atoms with E-state index in [2.05, 4.69) is 0 Å². The summed E-state index contributed by atoms with van der Waals surface area (Å²) in [6, 6.07) is 13.5. The third-order valence-corrected chi connectivity index (χ3v) is 3.62. The number of ether oxygens (including phenoxy) is 2. The second-order valence-electron chi connectivity index (χ2n) is 5.24. The fraction of sp³-hybridized carbons (Fsp3) is 0.294. The summed E-state index contributed by atoms with van der Waals surface area (Å²) >= 11 is 0. The molecule has 2 rings (SSSR count). The lowest BCUT2D eigenvalue weighted by atomic mass is 9.92. The predicted molar refractivity (Wildman–Crippen MR) is 83.3 cm³/mol. The van der Waals surface area contributed by atoms with Crippen LogP contribution in [0.1, 0.15) is 17.2 Å². The Hall–Kier alpha value is -2.45. The Morgan fingerprint density at radius 2 is 1.56 bits per heavy atom. The Labute approximate surface area is 142 Å². The SMILES string of the molecule is COC(OCC(F)(F)F)(c1ccccc1)C(c1ccccc1)[N+](=O)[O-]. The molecule has 0 bridgehead atoms. The summed E-state index contributed by atoms with van der Waals surface area (Å²) in [6.07, 6.45) is -4.67. The minimum atomic E-state index is -4.67. The van der Waals surface area contributed by atoms with Crippen molar-refractivity contribution in [3.05, 3.63) is 81.9 Å². The monoisotopic (exact) mass is 355 g/mol. The molecule has 134 valence electrons. The maximum absolute atomic E-state index is 12.8. The van der Waals surface area contributed by atoms with E-state index >= 15 is 0 Å². The molecule has 2 atom stereocenters. The van der Waals surface area contributed by atoms with Crippen LogP contribution in [0.4, 0.5) is 13.2 Å². The van der Waals surface area contributed by atoms with Gasteiger partial charge in [-0.05, 0) is 0 Å². The fourth-order valence-electron chi connectivity index (χ4n) is 2.58. The Bertz CT molecular complexity index is 694. The van der Waals surface area contributed by atoms with Gasteiger partial charge in [0.2, 0.25) is 0 Å². The van der Waals surface area contributed by atoms with E-state index in [1.165, 1.54) is 24.3 Å². The van der Waals surface area contributed by atoms with Crippen molar-refractivity contribution >= 4 is 0 Å². The van der Waals surface area contributed by atoms with Crippen LogP contribution in [0.25, 0.3) is 0 Å². The fourth-order valence-corrected chi connectivity index (χ4v) is 2.58. The molecule has 0 fully saturated rings. The third-order valence-electron chi connectivity index (χ3n) is 3.62. The number of nitrogens with zero attached hydrogens (tertiary/aromatic N) is 1. The van der Waals surface area contributed by atoms with Gasteiger partial charge in [0.1, 0.15) is 6.61 Å². The van der Waals surface area contributed by atoms with E-state index in [4.69, 9.17) is 9.47 Å². The number of nitro groups is 1. The van der Waals surface area contributed by atoms with Crippen molar-refractivity contribution < 1.29 is 27.6 Å². The second kappa shape index (κ2) is 7.62. The average molecular weight is 355 g/mol. The zero-order valence-corrected chi connectivity index (χ0v) is 13.3. The molecule has 2 aromatic carbocycles. The van der Waals surface area contributed by atoms with Crippen LogP contribution in [0, 0.1) is 10.1 Å². The standard InChI is InChI=1S/C17H16F3NO4/c1-24-17(25-12-16(18,19)20,14-10-6-3-7-11-14)15(21(22)23)13-8-4-2-5-9-13/h2-11,15H,12H2,1H3. The number of rotatable bonds is 7. The minimum Gasteiger partial charge on any atom is -0.344 e. The van der Waals surface area contributed by atoms with Gasteiger partial charge in [-0.1, -0.05) is 60.7 Å². The number of hydrogen-bond donors (Lipinski definition) is 0. The highest BCUT2D eigenvalue weighted by molar-refractivity contribution is 5.28. The summed E-state index contributed by atoms with van der Waals surface area (Å²) in [6.45, 7) is -1.69. The number of halogens is 3. The lowest BCUT2D eigenvalue weighted by Gasteiger charge is -2.34. The summed E-state index contributed by atoms with van der Waals surface area (Å²) in [5.74, 6) is -2.23. The van der Waals surface area contributed by atoms with Crippen LogP contribution in [-0.2, 0) is 15.3 Å². The maximum Gasteiger partial charge on any atom is 0.411 e. The lowest BCUT2D eigenvalue weighted by Crippen LogP contribution is -2.44. The second-order valence-corrected chi connectivity index (χ2v) is 5.24. The maximum atomic E-state index is 12.8. The van der Waals surface area contributed by atoms with Crippen LogP contribution in [0.5, 0.6) is 0 Å². The van der Waals surface area contributed by atoms with E-state index < -0.39 is 29.5 Å². The first-order valence-electron chi connectivity index (χ1n) is 7.30. The van der Waals surface area contributed by atoms with Crippen molar-refractivity contribution in [2.24, 2.45) is 0 Å². The van der Waals surface area contributed by atoms with Gasteiger partial charge in [-0.25, -0.2) is 0 Å². The molecule has 0 spiro atoms. The van der Waals surface area contributed by atoms with Gasteiger partial charge in [0.15, 0.2) is 0 Å². The molecular formula is C17H16F3NO4. The Morgan fingerprint density at radius 3 is 2.00 bits per heavy atom. The highest BCUT2D eigenvalue weighted by Gasteiger charge is 2.53. The molecule has 0 saturated carbocycles. The molecular weight excluding hydrogens is 339 g/mol. The van der Waals surface area contributed by atoms with E-state index in [0.29, 0.717) is 0 Å². The molecule has 25 heavy (non-hydrogen) atoms. The van der Waals surface area contributed by atoms with Crippen LogP contribution in [0.3, 0.4) is 0 Å². The van der Waals surface area contributed by atoms with E-state index in [9.17, 15) is 23.3 Å². The molecule has 8 heteroatoms. The zero-order valence-electron chi connectivity index (χ0n) is 13.3. The molecule has 2 aromatic rings. The Morgan fingerprint density at radius 1 is 1.04 bits per heavy atom. The summed E-state index contributed by atoms with van der Waals surface area (Å²) in [5, 5.41) is 11.8. The summed E-state index contributed by atoms with van der Waals surface area (Å²) in [7, 11) is 1.09. The van der Waals surface area contributed by atoms with Gasteiger partial charge < -0.3 is 9.47 Å². The van der Waals surface area contributed by atoms with Gasteiger partial charge in [0.05, 0.1) is 0 Å². The van der Waals surface area contributed by atoms with Crippen LogP contribution in [-0.4, -0.2) is 24.8 Å². The van der Waals surface area contributed by atoms with Crippen LogP contribution in [0.15, 0.2) is 60.7 Å². The van der Waals surface area contributed by atoms with E-state index in [1.54, 1.807) is 36.4 Å². The van der Waals surface area contributed by atoms with Crippen molar-refractivity contribution in [3.8, 4) is 0 Å². The van der Waals surface area contributed by atoms with E-state index in [1.807, 2.05) is 0 Å². The summed E-state index contributed by atoms with van der Waals surface area (Å²) in [4.78, 5) is 11.1. The smallest absolute Gasteiger partial charge is 0.344 e. The highest BCUT2D eigenvalue weighted by Crippen LogP contribution is 2.42. The zero-order chi connectivity index (χ0) is 18.5. The van der Waals surface area contributed by atoms with Gasteiger partial charge >= 0.3 is 6.18 Å². The van der Waals surface area contributed by atoms with Gasteiger partial charge in [0, 0.05) is 23.2 Å². The first-order valence-corrected chi connectivity index (χ1v) is 7.30. The quantitative estimate of drug-likeness (QED) is 0.426. The molecule has 0 N–H and O–H groups in total. The topological polar surface area (TPSA) is 61.6 Å². The van der Waals surface area contributed by atoms with Crippen molar-refractivity contribution in [3.63, 3.8) is 0 Å². The molecule has 0 aliphatic carbocycles. The van der Waals surface area contributed by atoms with E-state index in [0.717, 1.165) is 7.11 Å². The molecule has 0 radical (unpaired) electrons. The molecule has 0 aliphatic heterocycles. The number of alkyl halides is 3. The predicted octanol–water partition coefficient (Wildman–Crippen LogP) is 4.08. The van der Waals surface area contributed by atoms with Crippen molar-refractivity contribution in [1.29, 1.82) is 0 Å². The van der Waals surface area contributed by atoms with Crippen LogP contribution < -0.4 is 0 Å². The first-order chi connectivity index (χ1) is 11.8. The molecule has 2 unspecified atom stereocenters. The van der Waals surface area contributed by atoms with Crippen molar-refractivity contribution in [1.82, 2.24) is 0 Å².